The molecule has 18 heavy (non-hydrogen) atoms. The maximum atomic E-state index is 5.61. The summed E-state index contributed by atoms with van der Waals surface area (Å²) >= 11 is 0. The largest absolute Gasteiger partial charge is 0.478 e. The molecular formula is C15H26N2O. The molecule has 1 heterocycles. The monoisotopic (exact) mass is 250 g/mol. The second-order valence-corrected chi connectivity index (χ2v) is 4.65. The lowest BCUT2D eigenvalue weighted by Crippen LogP contribution is -2.05. The van der Waals surface area contributed by atoms with E-state index < -0.39 is 0 Å². The summed E-state index contributed by atoms with van der Waals surface area (Å²) in [7, 11) is 1.93. The van der Waals surface area contributed by atoms with Crippen LogP contribution < -0.4 is 10.1 Å². The molecule has 0 saturated heterocycles. The maximum Gasteiger partial charge on any atom is 0.213 e. The minimum Gasteiger partial charge on any atom is -0.478 e. The molecular weight excluding hydrogens is 224 g/mol. The summed E-state index contributed by atoms with van der Waals surface area (Å²) in [5, 5.41) is 3.10. The molecule has 1 N–H and O–H groups in total. The number of rotatable bonds is 10. The molecule has 1 aromatic heterocycles. The Hall–Kier alpha value is -1.09. The van der Waals surface area contributed by atoms with Crippen molar-refractivity contribution in [2.75, 3.05) is 13.7 Å². The van der Waals surface area contributed by atoms with Crippen LogP contribution >= 0.6 is 0 Å². The molecule has 1 aromatic rings. The van der Waals surface area contributed by atoms with Crippen molar-refractivity contribution in [3.05, 3.63) is 23.9 Å². The summed E-state index contributed by atoms with van der Waals surface area (Å²) < 4.78 is 5.61. The van der Waals surface area contributed by atoms with Crippen molar-refractivity contribution >= 4 is 0 Å². The topological polar surface area (TPSA) is 34.1 Å². The van der Waals surface area contributed by atoms with Crippen molar-refractivity contribution in [2.45, 2.75) is 52.0 Å². The van der Waals surface area contributed by atoms with Crippen LogP contribution in [0, 0.1) is 0 Å². The van der Waals surface area contributed by atoms with Crippen molar-refractivity contribution in [2.24, 2.45) is 0 Å². The van der Waals surface area contributed by atoms with Crippen molar-refractivity contribution in [3.63, 3.8) is 0 Å². The number of hydrogen-bond donors (Lipinski definition) is 1. The van der Waals surface area contributed by atoms with Gasteiger partial charge in [0.2, 0.25) is 5.88 Å². The number of aromatic nitrogens is 1. The molecule has 1 rings (SSSR count). The van der Waals surface area contributed by atoms with E-state index in [4.69, 9.17) is 4.74 Å². The molecule has 3 heteroatoms. The fourth-order valence-corrected chi connectivity index (χ4v) is 1.86. The molecule has 0 fully saturated rings. The Labute approximate surface area is 111 Å². The van der Waals surface area contributed by atoms with E-state index in [0.29, 0.717) is 0 Å². The van der Waals surface area contributed by atoms with Gasteiger partial charge in [-0.05, 0) is 19.0 Å². The Bertz CT molecular complexity index is 298. The van der Waals surface area contributed by atoms with Gasteiger partial charge < -0.3 is 10.1 Å². The van der Waals surface area contributed by atoms with Gasteiger partial charge in [-0.1, -0.05) is 45.1 Å². The predicted octanol–water partition coefficient (Wildman–Crippen LogP) is 3.54. The molecule has 0 bridgehead atoms. The van der Waals surface area contributed by atoms with Gasteiger partial charge in [0.1, 0.15) is 0 Å². The summed E-state index contributed by atoms with van der Waals surface area (Å²) in [6.07, 6.45) is 9.60. The van der Waals surface area contributed by atoms with Gasteiger partial charge in [0.05, 0.1) is 6.61 Å². The Balaban J connectivity index is 2.08. The molecule has 0 radical (unpaired) electrons. The van der Waals surface area contributed by atoms with Gasteiger partial charge in [-0.3, -0.25) is 0 Å². The van der Waals surface area contributed by atoms with E-state index in [1.807, 2.05) is 19.3 Å². The predicted molar refractivity (Wildman–Crippen MR) is 75.9 cm³/mol. The molecule has 0 aliphatic heterocycles. The minimum atomic E-state index is 0.739. The number of hydrogen-bond acceptors (Lipinski definition) is 3. The zero-order chi connectivity index (χ0) is 13.1. The normalized spacial score (nSPS) is 10.6. The lowest BCUT2D eigenvalue weighted by atomic mass is 10.1. The number of nitrogens with zero attached hydrogens (tertiary/aromatic N) is 1. The fourth-order valence-electron chi connectivity index (χ4n) is 1.86. The Morgan fingerprint density at radius 1 is 1.11 bits per heavy atom. The van der Waals surface area contributed by atoms with E-state index in [1.165, 1.54) is 37.7 Å². The van der Waals surface area contributed by atoms with E-state index in [2.05, 4.69) is 23.3 Å². The quantitative estimate of drug-likeness (QED) is 0.645. The zero-order valence-corrected chi connectivity index (χ0v) is 11.7. The standard InChI is InChI=1S/C15H26N2O/c1-3-4-5-6-7-8-11-18-15-10-9-14(12-16-2)13-17-15/h9-10,13,16H,3-8,11-12H2,1-2H3. The van der Waals surface area contributed by atoms with Gasteiger partial charge >= 0.3 is 0 Å². The highest BCUT2D eigenvalue weighted by molar-refractivity contribution is 5.17. The van der Waals surface area contributed by atoms with E-state index >= 15 is 0 Å². The van der Waals surface area contributed by atoms with Crippen molar-refractivity contribution < 1.29 is 4.74 Å². The number of unbranched alkanes of at least 4 members (excludes halogenated alkanes) is 5. The summed E-state index contributed by atoms with van der Waals surface area (Å²) in [5.41, 5.74) is 1.18. The van der Waals surface area contributed by atoms with Crippen LogP contribution in [0.3, 0.4) is 0 Å². The summed E-state index contributed by atoms with van der Waals surface area (Å²) in [5.74, 6) is 0.739. The molecule has 0 unspecified atom stereocenters. The van der Waals surface area contributed by atoms with Crippen LogP contribution in [0.15, 0.2) is 18.3 Å². The van der Waals surface area contributed by atoms with E-state index in [9.17, 15) is 0 Å². The molecule has 0 aliphatic carbocycles. The Morgan fingerprint density at radius 3 is 2.56 bits per heavy atom. The van der Waals surface area contributed by atoms with E-state index in [1.54, 1.807) is 0 Å². The van der Waals surface area contributed by atoms with Crippen molar-refractivity contribution in [1.82, 2.24) is 10.3 Å². The fraction of sp³-hybridized carbons (Fsp3) is 0.667. The van der Waals surface area contributed by atoms with Crippen molar-refractivity contribution in [1.29, 1.82) is 0 Å². The van der Waals surface area contributed by atoms with Gasteiger partial charge in [-0.25, -0.2) is 4.98 Å². The van der Waals surface area contributed by atoms with Crippen LogP contribution in [0.2, 0.25) is 0 Å². The van der Waals surface area contributed by atoms with Crippen LogP contribution in [0.4, 0.5) is 0 Å². The lowest BCUT2D eigenvalue weighted by molar-refractivity contribution is 0.293. The number of ether oxygens (including phenoxy) is 1. The van der Waals surface area contributed by atoms with E-state index in [0.717, 1.165) is 25.5 Å². The molecule has 0 amide bonds. The zero-order valence-electron chi connectivity index (χ0n) is 11.7. The maximum absolute atomic E-state index is 5.61. The first-order valence-corrected chi connectivity index (χ1v) is 7.09. The molecule has 0 aromatic carbocycles. The average molecular weight is 250 g/mol. The molecule has 0 saturated carbocycles. The van der Waals surface area contributed by atoms with Gasteiger partial charge in [0.15, 0.2) is 0 Å². The second-order valence-electron chi connectivity index (χ2n) is 4.65. The van der Waals surface area contributed by atoms with Gasteiger partial charge in [-0.2, -0.15) is 0 Å². The van der Waals surface area contributed by atoms with Gasteiger partial charge in [0, 0.05) is 18.8 Å². The molecule has 3 nitrogen and oxygen atoms in total. The van der Waals surface area contributed by atoms with Crippen molar-refractivity contribution in [3.8, 4) is 5.88 Å². The minimum absolute atomic E-state index is 0.739. The Kier molecular flexibility index (Phi) is 8.23. The van der Waals surface area contributed by atoms with Crippen LogP contribution in [-0.4, -0.2) is 18.6 Å². The first-order chi connectivity index (χ1) is 8.86. The van der Waals surface area contributed by atoms with Crippen LogP contribution in [0.5, 0.6) is 5.88 Å². The average Bonchev–Trinajstić information content (AvgIpc) is 2.40. The number of nitrogens with one attached hydrogen (secondary N) is 1. The highest BCUT2D eigenvalue weighted by atomic mass is 16.5. The highest BCUT2D eigenvalue weighted by Crippen LogP contribution is 2.09. The molecule has 0 spiro atoms. The van der Waals surface area contributed by atoms with E-state index in [-0.39, 0.29) is 0 Å². The lowest BCUT2D eigenvalue weighted by Gasteiger charge is -2.06. The first-order valence-electron chi connectivity index (χ1n) is 7.09. The molecule has 0 aliphatic rings. The second kappa shape index (κ2) is 9.89. The van der Waals surface area contributed by atoms with Crippen LogP contribution in [-0.2, 0) is 6.54 Å². The summed E-state index contributed by atoms with van der Waals surface area (Å²) in [6, 6.07) is 4.00. The third kappa shape index (κ3) is 6.60. The number of pyridine rings is 1. The first kappa shape index (κ1) is 15.0. The van der Waals surface area contributed by atoms with Gasteiger partial charge in [-0.15, -0.1) is 0 Å². The third-order valence-corrected chi connectivity index (χ3v) is 2.93. The SMILES string of the molecule is CCCCCCCCOc1ccc(CNC)cn1. The van der Waals surface area contributed by atoms with Gasteiger partial charge in [0.25, 0.3) is 0 Å². The molecule has 0 atom stereocenters. The Morgan fingerprint density at radius 2 is 1.89 bits per heavy atom. The smallest absolute Gasteiger partial charge is 0.213 e. The van der Waals surface area contributed by atoms with Crippen LogP contribution in [0.25, 0.3) is 0 Å². The highest BCUT2D eigenvalue weighted by Gasteiger charge is 1.96. The molecule has 102 valence electrons. The van der Waals surface area contributed by atoms with Crippen LogP contribution in [0.1, 0.15) is 51.0 Å². The third-order valence-electron chi connectivity index (χ3n) is 2.93. The summed E-state index contributed by atoms with van der Waals surface area (Å²) in [6.45, 7) is 3.88. The summed E-state index contributed by atoms with van der Waals surface area (Å²) in [4.78, 5) is 4.28.